The lowest BCUT2D eigenvalue weighted by Crippen LogP contribution is -2.44. The molecule has 0 saturated carbocycles. The van der Waals surface area contributed by atoms with Crippen LogP contribution in [0.2, 0.25) is 0 Å². The van der Waals surface area contributed by atoms with Crippen molar-refractivity contribution >= 4 is 16.8 Å². The lowest BCUT2D eigenvalue weighted by atomic mass is 10.1. The first kappa shape index (κ1) is 27.2. The Bertz CT molecular complexity index is 1290. The molecule has 0 aliphatic carbocycles. The van der Waals surface area contributed by atoms with Crippen molar-refractivity contribution in [3.05, 3.63) is 67.1 Å². The minimum atomic E-state index is -0.784. The summed E-state index contributed by atoms with van der Waals surface area (Å²) in [6, 6.07) is 16.1. The van der Waals surface area contributed by atoms with Gasteiger partial charge in [0.25, 0.3) is 0 Å². The van der Waals surface area contributed by atoms with Gasteiger partial charge in [0.2, 0.25) is 0 Å². The number of rotatable bonds is 7. The van der Waals surface area contributed by atoms with Crippen LogP contribution in [0.15, 0.2) is 72.0 Å². The Kier molecular flexibility index (Phi) is 8.90. The number of nitrogens with zero attached hydrogens (tertiary/aromatic N) is 4. The summed E-state index contributed by atoms with van der Waals surface area (Å²) >= 11 is -0.784. The first-order valence-corrected chi connectivity index (χ1v) is 14.8. The third-order valence-corrected chi connectivity index (χ3v) is 7.41. The normalized spacial score (nSPS) is 15.2. The van der Waals surface area contributed by atoms with Crippen LogP contribution in [0.1, 0.15) is 47.0 Å². The van der Waals surface area contributed by atoms with E-state index in [4.69, 9.17) is 9.72 Å². The summed E-state index contributed by atoms with van der Waals surface area (Å²) in [5.41, 5.74) is 4.55. The molecule has 0 bridgehead atoms. The lowest BCUT2D eigenvalue weighted by Gasteiger charge is -2.35. The van der Waals surface area contributed by atoms with Gasteiger partial charge < -0.3 is 4.74 Å². The van der Waals surface area contributed by atoms with Gasteiger partial charge >= 0.3 is 0 Å². The van der Waals surface area contributed by atoms with Crippen LogP contribution >= 0.6 is 0 Å². The second-order valence-corrected chi connectivity index (χ2v) is 11.3. The molecular formula is C30H39N4O2S+. The molecule has 1 atom stereocenters. The molecule has 5 rings (SSSR count). The maximum atomic E-state index is 9.96. The Balaban J connectivity index is 0.00000156. The molecule has 4 aromatic rings. The van der Waals surface area contributed by atoms with E-state index in [2.05, 4.69) is 36.0 Å². The molecule has 1 N–H and O–H groups in total. The second kappa shape index (κ2) is 12.1. The van der Waals surface area contributed by atoms with E-state index in [0.717, 1.165) is 45.1 Å². The van der Waals surface area contributed by atoms with E-state index < -0.39 is 11.2 Å². The molecule has 0 radical (unpaired) electrons. The van der Waals surface area contributed by atoms with E-state index in [1.165, 1.54) is 32.4 Å². The lowest BCUT2D eigenvalue weighted by molar-refractivity contribution is 0.0520. The summed E-state index contributed by atoms with van der Waals surface area (Å²) < 4.78 is 18.1. The SMILES string of the molecule is CC.C[S+](O)c1cccc(-c2cnn3cc(-c4ccc(OC(C)(C)CN5CCCCC5)cc4)cnc23)c1. The summed E-state index contributed by atoms with van der Waals surface area (Å²) in [4.78, 5) is 8.13. The zero-order valence-electron chi connectivity index (χ0n) is 22.6. The summed E-state index contributed by atoms with van der Waals surface area (Å²) in [7, 11) is 0. The van der Waals surface area contributed by atoms with Crippen LogP contribution in [-0.2, 0) is 11.2 Å². The molecule has 1 saturated heterocycles. The fourth-order valence-electron chi connectivity index (χ4n) is 4.80. The third kappa shape index (κ3) is 6.72. The van der Waals surface area contributed by atoms with E-state index in [1.807, 2.05) is 73.4 Å². The predicted octanol–water partition coefficient (Wildman–Crippen LogP) is 6.81. The number of fused-ring (bicyclic) bond motifs is 1. The maximum Gasteiger partial charge on any atom is 0.190 e. The van der Waals surface area contributed by atoms with Crippen molar-refractivity contribution in [2.24, 2.45) is 0 Å². The average molecular weight is 520 g/mol. The number of hydrogen-bond donors (Lipinski definition) is 1. The number of likely N-dealkylation sites (tertiary alicyclic amines) is 1. The van der Waals surface area contributed by atoms with Gasteiger partial charge in [0.15, 0.2) is 21.7 Å². The van der Waals surface area contributed by atoms with Gasteiger partial charge in [-0.15, -0.1) is 0 Å². The van der Waals surface area contributed by atoms with Gasteiger partial charge in [-0.25, -0.2) is 9.50 Å². The van der Waals surface area contributed by atoms with Gasteiger partial charge in [0.1, 0.15) is 17.6 Å². The largest absolute Gasteiger partial charge is 0.487 e. The van der Waals surface area contributed by atoms with Gasteiger partial charge in [-0.2, -0.15) is 9.65 Å². The summed E-state index contributed by atoms with van der Waals surface area (Å²) in [5.74, 6) is 0.880. The molecule has 1 fully saturated rings. The van der Waals surface area contributed by atoms with E-state index in [0.29, 0.717) is 0 Å². The zero-order chi connectivity index (χ0) is 26.4. The van der Waals surface area contributed by atoms with Crippen molar-refractivity contribution in [1.82, 2.24) is 19.5 Å². The fourth-order valence-corrected chi connectivity index (χ4v) is 5.37. The molecule has 196 valence electrons. The van der Waals surface area contributed by atoms with E-state index >= 15 is 0 Å². The third-order valence-electron chi connectivity index (χ3n) is 6.48. The summed E-state index contributed by atoms with van der Waals surface area (Å²) in [6.07, 6.45) is 11.4. The van der Waals surface area contributed by atoms with Gasteiger partial charge in [-0.3, -0.25) is 4.90 Å². The van der Waals surface area contributed by atoms with Gasteiger partial charge in [-0.1, -0.05) is 44.5 Å². The number of hydrogen-bond acceptors (Lipinski definition) is 5. The molecule has 2 aromatic heterocycles. The van der Waals surface area contributed by atoms with Crippen LogP contribution in [0.5, 0.6) is 5.75 Å². The van der Waals surface area contributed by atoms with Crippen LogP contribution in [0.3, 0.4) is 0 Å². The monoisotopic (exact) mass is 519 g/mol. The molecule has 7 heteroatoms. The Morgan fingerprint density at radius 2 is 1.68 bits per heavy atom. The van der Waals surface area contributed by atoms with Crippen LogP contribution in [0.4, 0.5) is 0 Å². The van der Waals surface area contributed by atoms with Gasteiger partial charge in [-0.05, 0) is 69.1 Å². The average Bonchev–Trinajstić information content (AvgIpc) is 3.34. The summed E-state index contributed by atoms with van der Waals surface area (Å²) in [5, 5.41) is 4.54. The molecule has 2 aromatic carbocycles. The molecule has 0 amide bonds. The van der Waals surface area contributed by atoms with Crippen molar-refractivity contribution in [1.29, 1.82) is 0 Å². The first-order valence-electron chi connectivity index (χ1n) is 13.2. The minimum absolute atomic E-state index is 0.240. The topological polar surface area (TPSA) is 62.9 Å². The molecule has 1 aliphatic rings. The number of ether oxygens (including phenoxy) is 1. The smallest absolute Gasteiger partial charge is 0.190 e. The Hall–Kier alpha value is -2.87. The van der Waals surface area contributed by atoms with Crippen LogP contribution in [0.25, 0.3) is 27.9 Å². The van der Waals surface area contributed by atoms with E-state index in [-0.39, 0.29) is 5.60 Å². The van der Waals surface area contributed by atoms with Crippen molar-refractivity contribution in [3.8, 4) is 28.0 Å². The minimum Gasteiger partial charge on any atom is -0.487 e. The molecule has 1 aliphatic heterocycles. The molecule has 3 heterocycles. The van der Waals surface area contributed by atoms with Crippen molar-refractivity contribution in [2.75, 3.05) is 25.9 Å². The second-order valence-electron chi connectivity index (χ2n) is 9.90. The maximum absolute atomic E-state index is 9.96. The molecule has 1 unspecified atom stereocenters. The van der Waals surface area contributed by atoms with Gasteiger partial charge in [0, 0.05) is 36.1 Å². The van der Waals surface area contributed by atoms with E-state index in [9.17, 15) is 4.55 Å². The number of piperidine rings is 1. The van der Waals surface area contributed by atoms with Crippen molar-refractivity contribution in [2.45, 2.75) is 57.5 Å². The van der Waals surface area contributed by atoms with Crippen molar-refractivity contribution in [3.63, 3.8) is 0 Å². The highest BCUT2D eigenvalue weighted by atomic mass is 32.2. The number of benzene rings is 2. The predicted molar refractivity (Wildman–Crippen MR) is 154 cm³/mol. The van der Waals surface area contributed by atoms with Crippen LogP contribution < -0.4 is 4.74 Å². The van der Waals surface area contributed by atoms with Crippen LogP contribution in [0, 0.1) is 0 Å². The quantitative estimate of drug-likeness (QED) is 0.272. The van der Waals surface area contributed by atoms with E-state index in [1.54, 1.807) is 6.26 Å². The zero-order valence-corrected chi connectivity index (χ0v) is 23.5. The Morgan fingerprint density at radius 3 is 2.38 bits per heavy atom. The molecular weight excluding hydrogens is 480 g/mol. The molecule has 37 heavy (non-hydrogen) atoms. The highest BCUT2D eigenvalue weighted by Crippen LogP contribution is 2.29. The highest BCUT2D eigenvalue weighted by molar-refractivity contribution is 7.90. The van der Waals surface area contributed by atoms with Crippen LogP contribution in [-0.4, -0.2) is 55.5 Å². The summed E-state index contributed by atoms with van der Waals surface area (Å²) in [6.45, 7) is 11.6. The highest BCUT2D eigenvalue weighted by Gasteiger charge is 2.25. The molecule has 6 nitrogen and oxygen atoms in total. The Labute approximate surface area is 223 Å². The standard InChI is InChI=1S/C28H33N4O2S.C2H6/c1-28(2,20-31-14-5-4-6-15-31)34-24-12-10-21(11-13-24)23-17-29-27-26(18-30-32(27)19-23)22-8-7-9-25(16-22)35(3)33;1-2/h7-13,16-19,33H,4-6,14-15,20H2,1-3H3;1-2H3/q+1;. The first-order chi connectivity index (χ1) is 17.9. The van der Waals surface area contributed by atoms with Crippen molar-refractivity contribution < 1.29 is 9.29 Å². The number of aromatic nitrogens is 3. The molecule has 0 spiro atoms. The fraction of sp³-hybridized carbons (Fsp3) is 0.400. The van der Waals surface area contributed by atoms with Gasteiger partial charge in [0.05, 0.1) is 6.20 Å². The Morgan fingerprint density at radius 1 is 0.946 bits per heavy atom.